The van der Waals surface area contributed by atoms with E-state index in [-0.39, 0.29) is 117 Å². The van der Waals surface area contributed by atoms with Crippen molar-refractivity contribution in [3.05, 3.63) is 0 Å². The summed E-state index contributed by atoms with van der Waals surface area (Å²) in [7, 11) is 0. The summed E-state index contributed by atoms with van der Waals surface area (Å²) in [4.78, 5) is 0. The molecular weight excluding hydrogens is 544 g/mol. The fourth-order valence-corrected chi connectivity index (χ4v) is 0.346. The zero-order valence-electron chi connectivity index (χ0n) is 20.7. The van der Waals surface area contributed by atoms with Gasteiger partial charge in [0.05, 0.1) is 79.3 Å². The smallest absolute Gasteiger partial charge is 0.100 e. The van der Waals surface area contributed by atoms with Gasteiger partial charge < -0.3 is 91.9 Å². The fraction of sp³-hybridized carbons (Fsp3) is 1.00. The van der Waals surface area contributed by atoms with E-state index in [4.69, 9.17) is 91.9 Å². The van der Waals surface area contributed by atoms with Gasteiger partial charge in [0.15, 0.2) is 0 Å². The van der Waals surface area contributed by atoms with E-state index in [0.29, 0.717) is 0 Å². The summed E-state index contributed by atoms with van der Waals surface area (Å²) in [5.74, 6) is 0. The molecule has 0 aromatic carbocycles. The zero-order valence-corrected chi connectivity index (χ0v) is 22.9. The minimum absolute atomic E-state index is 0. The van der Waals surface area contributed by atoms with Gasteiger partial charge in [-0.2, -0.15) is 0 Å². The molecule has 0 rings (SSSR count). The number of hydrogen-bond acceptors (Lipinski definition) is 18. The van der Waals surface area contributed by atoms with Gasteiger partial charge in [0.2, 0.25) is 0 Å². The van der Waals surface area contributed by atoms with Crippen LogP contribution in [0.1, 0.15) is 0 Å². The van der Waals surface area contributed by atoms with Crippen LogP contribution in [0.2, 0.25) is 0 Å². The molecule has 0 heterocycles. The first-order chi connectivity index (χ1) is 16.8. The van der Waals surface area contributed by atoms with E-state index in [1.54, 1.807) is 0 Å². The van der Waals surface area contributed by atoms with Gasteiger partial charge in [-0.3, -0.25) is 0 Å². The van der Waals surface area contributed by atoms with Crippen molar-refractivity contribution < 1.29 is 91.9 Å². The van der Waals surface area contributed by atoms with Gasteiger partial charge in [-0.25, -0.2) is 0 Å². The van der Waals surface area contributed by atoms with Crippen LogP contribution in [0.3, 0.4) is 0 Å². The van der Waals surface area contributed by atoms with Crippen LogP contribution >= 0.6 is 0 Å². The third kappa shape index (κ3) is 72.4. The average molecular weight is 593 g/mol. The van der Waals surface area contributed by atoms with Gasteiger partial charge in [0, 0.05) is 37.7 Å². The molecule has 0 amide bonds. The molecule has 0 unspecified atom stereocenters. The fourth-order valence-electron chi connectivity index (χ4n) is 0.346. The molecule has 230 valence electrons. The molecule has 0 saturated heterocycles. The molecule has 0 atom stereocenters. The summed E-state index contributed by atoms with van der Waals surface area (Å²) in [5.41, 5.74) is 0. The van der Waals surface area contributed by atoms with Crippen LogP contribution in [0.15, 0.2) is 0 Å². The van der Waals surface area contributed by atoms with E-state index in [0.717, 1.165) is 0 Å². The number of rotatable bonds is 12. The molecule has 0 fully saturated rings. The zero-order chi connectivity index (χ0) is 29.9. The molecule has 0 aliphatic heterocycles. The minimum atomic E-state index is -0.954. The van der Waals surface area contributed by atoms with Crippen LogP contribution < -0.4 is 0 Å². The maximum Gasteiger partial charge on any atom is 0.100 e. The Morgan fingerprint density at radius 1 is 0.216 bits per heavy atom. The van der Waals surface area contributed by atoms with Crippen LogP contribution in [0.5, 0.6) is 0 Å². The molecule has 18 N–H and O–H groups in total. The predicted octanol–water partition coefficient (Wildman–Crippen LogP) is -10.4. The third-order valence-corrected chi connectivity index (χ3v) is 2.53. The molecule has 0 saturated carbocycles. The Hall–Kier alpha value is 0.540. The van der Waals surface area contributed by atoms with Gasteiger partial charge in [0.1, 0.15) is 36.6 Å². The summed E-state index contributed by atoms with van der Waals surface area (Å²) < 4.78 is 0. The van der Waals surface area contributed by atoms with Crippen LogP contribution in [0.25, 0.3) is 0 Å². The first-order valence-electron chi connectivity index (χ1n) is 10.2. The number of aliphatic hydroxyl groups excluding tert-OH is 18. The summed E-state index contributed by atoms with van der Waals surface area (Å²) in [6, 6.07) is 0. The van der Waals surface area contributed by atoms with Gasteiger partial charge in [-0.15, -0.1) is 0 Å². The van der Waals surface area contributed by atoms with E-state index in [1.165, 1.54) is 0 Å². The van der Waals surface area contributed by atoms with Gasteiger partial charge >= 0.3 is 0 Å². The molecule has 2 radical (unpaired) electrons. The second kappa shape index (κ2) is 49.5. The minimum Gasteiger partial charge on any atom is -0.394 e. The Morgan fingerprint density at radius 2 is 0.270 bits per heavy atom. The van der Waals surface area contributed by atoms with Crippen LogP contribution in [0, 0.1) is 0 Å². The summed E-state index contributed by atoms with van der Waals surface area (Å²) in [6.07, 6.45) is -5.72. The van der Waals surface area contributed by atoms with Crippen LogP contribution in [-0.4, -0.2) is 246 Å². The van der Waals surface area contributed by atoms with E-state index in [2.05, 4.69) is 0 Å². The van der Waals surface area contributed by atoms with E-state index in [1.807, 2.05) is 0 Å². The van der Waals surface area contributed by atoms with Crippen LogP contribution in [0.4, 0.5) is 0 Å². The van der Waals surface area contributed by atoms with E-state index >= 15 is 0 Å². The third-order valence-electron chi connectivity index (χ3n) is 2.53. The van der Waals surface area contributed by atoms with Crippen LogP contribution in [-0.2, 0) is 0 Å². The van der Waals surface area contributed by atoms with E-state index in [9.17, 15) is 0 Å². The Kier molecular flexibility index (Phi) is 71.9. The topological polar surface area (TPSA) is 364 Å². The van der Waals surface area contributed by atoms with Gasteiger partial charge in [0.25, 0.3) is 0 Å². The Bertz CT molecular complexity index is 235. The van der Waals surface area contributed by atoms with Gasteiger partial charge in [-0.05, 0) is 0 Å². The molecule has 37 heavy (non-hydrogen) atoms. The van der Waals surface area contributed by atoms with Crippen molar-refractivity contribution in [1.29, 1.82) is 0 Å². The predicted molar refractivity (Wildman–Crippen MR) is 127 cm³/mol. The molecule has 19 heteroatoms. The Balaban J connectivity index is -0.0000000581. The molecule has 18 nitrogen and oxygen atoms in total. The van der Waals surface area contributed by atoms with Crippen molar-refractivity contribution in [2.45, 2.75) is 36.6 Å². The van der Waals surface area contributed by atoms with Crippen molar-refractivity contribution >= 4 is 37.7 Å². The van der Waals surface area contributed by atoms with Gasteiger partial charge in [-0.1, -0.05) is 0 Å². The quantitative estimate of drug-likeness (QED) is 0.0934. The van der Waals surface area contributed by atoms with E-state index < -0.39 is 36.6 Å². The molecular formula is C18H48CaO18. The van der Waals surface area contributed by atoms with Crippen molar-refractivity contribution in [3.8, 4) is 0 Å². The summed E-state index contributed by atoms with van der Waals surface area (Å²) >= 11 is 0. The first kappa shape index (κ1) is 53.7. The number of aliphatic hydroxyl groups is 18. The van der Waals surface area contributed by atoms with Crippen molar-refractivity contribution in [3.63, 3.8) is 0 Å². The molecule has 0 aromatic heterocycles. The summed E-state index contributed by atoms with van der Waals surface area (Å²) in [6.45, 7) is -4.37. The standard InChI is InChI=1S/6C3H8O3.Ca/c6*4-1-3(6)2-5;/h6*3-6H,1-2H2;. The molecule has 0 spiro atoms. The van der Waals surface area contributed by atoms with Crippen molar-refractivity contribution in [2.75, 3.05) is 79.3 Å². The molecule has 0 bridgehead atoms. The number of hydrogen-bond donors (Lipinski definition) is 18. The molecule has 0 aromatic rings. The monoisotopic (exact) mass is 592 g/mol. The largest absolute Gasteiger partial charge is 0.394 e. The molecule has 0 aliphatic carbocycles. The Labute approximate surface area is 244 Å². The molecule has 0 aliphatic rings. The van der Waals surface area contributed by atoms with Crippen molar-refractivity contribution in [2.24, 2.45) is 0 Å². The maximum absolute atomic E-state index is 8.17. The summed E-state index contributed by atoms with van der Waals surface area (Å²) in [5, 5.41) is 144. The second-order valence-corrected chi connectivity index (χ2v) is 6.11. The SMILES string of the molecule is OCC(O)CO.OCC(O)CO.OCC(O)CO.OCC(O)CO.OCC(O)CO.OCC(O)CO.[Ca]. The average Bonchev–Trinajstić information content (AvgIpc) is 2.95. The normalized spacial score (nSPS) is 9.73. The maximum atomic E-state index is 8.17. The second-order valence-electron chi connectivity index (χ2n) is 6.11. The van der Waals surface area contributed by atoms with Crippen molar-refractivity contribution in [1.82, 2.24) is 0 Å². The first-order valence-corrected chi connectivity index (χ1v) is 10.2. The Morgan fingerprint density at radius 3 is 0.270 bits per heavy atom.